The van der Waals surface area contributed by atoms with E-state index in [1.807, 2.05) is 13.0 Å². The minimum Gasteiger partial charge on any atom is -0.465 e. The lowest BCUT2D eigenvalue weighted by molar-refractivity contribution is 0.0665. The second-order valence-corrected chi connectivity index (χ2v) is 7.35. The molecule has 0 bridgehead atoms. The summed E-state index contributed by atoms with van der Waals surface area (Å²) in [5.41, 5.74) is 5.27. The molecule has 0 spiro atoms. The summed E-state index contributed by atoms with van der Waals surface area (Å²) in [6, 6.07) is 9.12. The number of aromatic nitrogens is 1. The maximum atomic E-state index is 14.9. The van der Waals surface area contributed by atoms with Gasteiger partial charge in [0.2, 0.25) is 0 Å². The number of amidine groups is 1. The summed E-state index contributed by atoms with van der Waals surface area (Å²) < 4.78 is 25.9. The molecule has 0 aliphatic carbocycles. The monoisotopic (exact) mass is 395 g/mol. The zero-order valence-electron chi connectivity index (χ0n) is 15.6. The number of pyridine rings is 1. The Labute approximate surface area is 166 Å². The summed E-state index contributed by atoms with van der Waals surface area (Å²) in [4.78, 5) is 20.9. The van der Waals surface area contributed by atoms with E-state index in [9.17, 15) is 9.18 Å². The van der Waals surface area contributed by atoms with Gasteiger partial charge < -0.3 is 20.5 Å². The van der Waals surface area contributed by atoms with Gasteiger partial charge in [-0.2, -0.15) is 5.26 Å². The van der Waals surface area contributed by atoms with Gasteiger partial charge in [-0.3, -0.25) is 4.79 Å². The normalized spacial score (nSPS) is 25.3. The molecule has 8 nitrogen and oxygen atoms in total. The molecule has 1 saturated heterocycles. The Balaban J connectivity index is 1.68. The molecular weight excluding hydrogens is 377 g/mol. The van der Waals surface area contributed by atoms with Gasteiger partial charge in [-0.25, -0.2) is 14.4 Å². The number of nitrogens with two attached hydrogens (primary N) is 1. The number of anilines is 1. The van der Waals surface area contributed by atoms with Crippen molar-refractivity contribution in [2.45, 2.75) is 12.5 Å². The summed E-state index contributed by atoms with van der Waals surface area (Å²) in [5.74, 6) is -0.959. The highest BCUT2D eigenvalue weighted by Gasteiger charge is 2.58. The van der Waals surface area contributed by atoms with Crippen LogP contribution in [0.15, 0.2) is 41.5 Å². The minimum atomic E-state index is -1.05. The van der Waals surface area contributed by atoms with Crippen molar-refractivity contribution >= 4 is 17.6 Å². The number of amides is 1. The van der Waals surface area contributed by atoms with E-state index in [1.54, 1.807) is 0 Å². The number of nitriles is 1. The number of hydrogen-bond acceptors (Lipinski definition) is 7. The Kier molecular flexibility index (Phi) is 4.43. The van der Waals surface area contributed by atoms with E-state index in [0.29, 0.717) is 17.9 Å². The van der Waals surface area contributed by atoms with Gasteiger partial charge in [0.15, 0.2) is 0 Å². The molecule has 2 aliphatic rings. The SMILES string of the molecule is CC12COCC1(c1cc(NC(=O)c3ccc(C#N)cn3)ccc1F)N=C(N)OC2. The number of rotatable bonds is 3. The van der Waals surface area contributed by atoms with E-state index in [1.165, 1.54) is 36.5 Å². The fourth-order valence-electron chi connectivity index (χ4n) is 3.67. The van der Waals surface area contributed by atoms with Crippen LogP contribution in [0.2, 0.25) is 0 Å². The fourth-order valence-corrected chi connectivity index (χ4v) is 3.67. The number of benzene rings is 1. The van der Waals surface area contributed by atoms with Crippen LogP contribution in [-0.2, 0) is 15.0 Å². The number of fused-ring (bicyclic) bond motifs is 1. The van der Waals surface area contributed by atoms with E-state index < -0.39 is 22.7 Å². The number of nitrogens with zero attached hydrogens (tertiary/aromatic N) is 3. The standard InChI is InChI=1S/C20H18FN5O3/c1-19-9-28-11-20(19,26-18(23)29-10-19)14-6-13(3-4-15(14)21)25-17(27)16-5-2-12(7-22)8-24-16/h2-6,8H,9-11H2,1H3,(H2,23,26)(H,25,27). The first-order valence-corrected chi connectivity index (χ1v) is 8.90. The van der Waals surface area contributed by atoms with Crippen LogP contribution >= 0.6 is 0 Å². The van der Waals surface area contributed by atoms with Crippen molar-refractivity contribution < 1.29 is 18.7 Å². The predicted octanol–water partition coefficient (Wildman–Crippen LogP) is 1.92. The van der Waals surface area contributed by atoms with Crippen molar-refractivity contribution in [3.05, 3.63) is 59.2 Å². The lowest BCUT2D eigenvalue weighted by Gasteiger charge is -2.42. The summed E-state index contributed by atoms with van der Waals surface area (Å²) in [7, 11) is 0. The number of aliphatic imine (C=N–C) groups is 1. The topological polar surface area (TPSA) is 123 Å². The van der Waals surface area contributed by atoms with Gasteiger partial charge >= 0.3 is 0 Å². The largest absolute Gasteiger partial charge is 0.465 e. The van der Waals surface area contributed by atoms with Crippen LogP contribution in [0, 0.1) is 22.6 Å². The molecule has 1 aromatic carbocycles. The first kappa shape index (κ1) is 18.8. The Morgan fingerprint density at radius 3 is 2.86 bits per heavy atom. The van der Waals surface area contributed by atoms with E-state index in [-0.39, 0.29) is 30.5 Å². The minimum absolute atomic E-state index is 0.0244. The molecule has 148 valence electrons. The molecule has 1 amide bonds. The van der Waals surface area contributed by atoms with E-state index in [2.05, 4.69) is 15.3 Å². The number of hydrogen-bond donors (Lipinski definition) is 2. The van der Waals surface area contributed by atoms with Crippen LogP contribution < -0.4 is 11.1 Å². The molecule has 29 heavy (non-hydrogen) atoms. The van der Waals surface area contributed by atoms with Crippen molar-refractivity contribution in [1.29, 1.82) is 5.26 Å². The summed E-state index contributed by atoms with van der Waals surface area (Å²) in [6.45, 7) is 2.64. The highest BCUT2D eigenvalue weighted by molar-refractivity contribution is 6.02. The number of nitrogens with one attached hydrogen (secondary N) is 1. The molecule has 2 aromatic rings. The first-order valence-electron chi connectivity index (χ1n) is 8.90. The zero-order valence-corrected chi connectivity index (χ0v) is 15.6. The second-order valence-electron chi connectivity index (χ2n) is 7.35. The van der Waals surface area contributed by atoms with Gasteiger partial charge in [0.25, 0.3) is 11.9 Å². The molecule has 9 heteroatoms. The zero-order chi connectivity index (χ0) is 20.6. The molecule has 2 atom stereocenters. The number of carbonyl (C=O) groups excluding carboxylic acids is 1. The molecule has 0 radical (unpaired) electrons. The van der Waals surface area contributed by atoms with Gasteiger partial charge in [0.05, 0.1) is 24.2 Å². The highest BCUT2D eigenvalue weighted by Crippen LogP contribution is 2.51. The van der Waals surface area contributed by atoms with Gasteiger partial charge in [0.1, 0.15) is 29.7 Å². The van der Waals surface area contributed by atoms with E-state index in [0.717, 1.165) is 0 Å². The average Bonchev–Trinajstić information content (AvgIpc) is 3.06. The number of halogens is 1. The van der Waals surface area contributed by atoms with Crippen molar-refractivity contribution in [3.8, 4) is 6.07 Å². The van der Waals surface area contributed by atoms with Gasteiger partial charge in [-0.05, 0) is 30.3 Å². The Morgan fingerprint density at radius 1 is 1.31 bits per heavy atom. The third kappa shape index (κ3) is 3.07. The number of ether oxygens (including phenoxy) is 2. The van der Waals surface area contributed by atoms with Crippen molar-refractivity contribution in [3.63, 3.8) is 0 Å². The Bertz CT molecular complexity index is 1050. The molecule has 4 rings (SSSR count). The maximum absolute atomic E-state index is 14.9. The van der Waals surface area contributed by atoms with Crippen molar-refractivity contribution in [1.82, 2.24) is 4.98 Å². The molecule has 1 fully saturated rings. The summed E-state index contributed by atoms with van der Waals surface area (Å²) in [6.07, 6.45) is 1.31. The molecular formula is C20H18FN5O3. The van der Waals surface area contributed by atoms with E-state index >= 15 is 0 Å². The molecule has 3 heterocycles. The second kappa shape index (κ2) is 6.83. The Morgan fingerprint density at radius 2 is 2.14 bits per heavy atom. The van der Waals surface area contributed by atoms with Crippen LogP contribution in [0.25, 0.3) is 0 Å². The third-order valence-corrected chi connectivity index (χ3v) is 5.36. The average molecular weight is 395 g/mol. The summed E-state index contributed by atoms with van der Waals surface area (Å²) >= 11 is 0. The number of carbonyl (C=O) groups is 1. The highest BCUT2D eigenvalue weighted by atomic mass is 19.1. The van der Waals surface area contributed by atoms with Crippen molar-refractivity contribution in [2.75, 3.05) is 25.1 Å². The van der Waals surface area contributed by atoms with E-state index in [4.69, 9.17) is 20.5 Å². The molecule has 3 N–H and O–H groups in total. The molecule has 2 unspecified atom stereocenters. The molecule has 0 saturated carbocycles. The lowest BCUT2D eigenvalue weighted by Crippen LogP contribution is -2.50. The smallest absolute Gasteiger partial charge is 0.282 e. The van der Waals surface area contributed by atoms with Crippen LogP contribution in [0.5, 0.6) is 0 Å². The van der Waals surface area contributed by atoms with Gasteiger partial charge in [-0.1, -0.05) is 6.92 Å². The predicted molar refractivity (Wildman–Crippen MR) is 101 cm³/mol. The molecule has 2 aliphatic heterocycles. The van der Waals surface area contributed by atoms with Gasteiger partial charge in [-0.15, -0.1) is 0 Å². The van der Waals surface area contributed by atoms with Crippen LogP contribution in [0.1, 0.15) is 28.5 Å². The van der Waals surface area contributed by atoms with Gasteiger partial charge in [0, 0.05) is 17.4 Å². The Hall–Kier alpha value is -3.51. The van der Waals surface area contributed by atoms with Crippen LogP contribution in [-0.4, -0.2) is 36.7 Å². The van der Waals surface area contributed by atoms with Crippen LogP contribution in [0.4, 0.5) is 10.1 Å². The first-order chi connectivity index (χ1) is 13.9. The van der Waals surface area contributed by atoms with Crippen molar-refractivity contribution in [2.24, 2.45) is 16.1 Å². The molecule has 1 aromatic heterocycles. The maximum Gasteiger partial charge on any atom is 0.282 e. The lowest BCUT2D eigenvalue weighted by atomic mass is 9.69. The van der Waals surface area contributed by atoms with Crippen LogP contribution in [0.3, 0.4) is 0 Å². The summed E-state index contributed by atoms with van der Waals surface area (Å²) in [5, 5.41) is 11.5. The quantitative estimate of drug-likeness (QED) is 0.819. The third-order valence-electron chi connectivity index (χ3n) is 5.36. The fraction of sp³-hybridized carbons (Fsp3) is 0.300.